The first kappa shape index (κ1) is 15.0. The molecule has 0 amide bonds. The molecule has 5 rings (SSSR count). The molecule has 0 radical (unpaired) electrons. The summed E-state index contributed by atoms with van der Waals surface area (Å²) in [5, 5.41) is 0. The van der Waals surface area contributed by atoms with Crippen LogP contribution in [0.25, 0.3) is 0 Å². The Morgan fingerprint density at radius 3 is 2.75 bits per heavy atom. The van der Waals surface area contributed by atoms with E-state index in [0.717, 1.165) is 50.3 Å². The topological polar surface area (TPSA) is 34.2 Å². The molecule has 5 nitrogen and oxygen atoms in total. The number of rotatable bonds is 3. The van der Waals surface area contributed by atoms with Crippen molar-refractivity contribution in [2.45, 2.75) is 31.5 Å². The average molecular weight is 330 g/mol. The molecule has 2 saturated heterocycles. The molecule has 24 heavy (non-hydrogen) atoms. The summed E-state index contributed by atoms with van der Waals surface area (Å²) in [4.78, 5) is 5.30. The van der Waals surface area contributed by atoms with Gasteiger partial charge in [0.15, 0.2) is 11.5 Å². The van der Waals surface area contributed by atoms with Crippen LogP contribution in [0.4, 0.5) is 0 Å². The second kappa shape index (κ2) is 6.21. The molecule has 0 spiro atoms. The lowest BCUT2D eigenvalue weighted by Gasteiger charge is -2.48. The highest BCUT2D eigenvalue weighted by Gasteiger charge is 2.42. The Morgan fingerprint density at radius 2 is 1.88 bits per heavy atom. The molecule has 3 fully saturated rings. The molecular weight excluding hydrogens is 304 g/mol. The number of hydrogen-bond donors (Lipinski definition) is 0. The normalized spacial score (nSPS) is 30.8. The number of nitrogens with zero attached hydrogens (tertiary/aromatic N) is 2. The van der Waals surface area contributed by atoms with Gasteiger partial charge in [-0.05, 0) is 36.5 Å². The van der Waals surface area contributed by atoms with Crippen LogP contribution in [0.5, 0.6) is 11.5 Å². The van der Waals surface area contributed by atoms with E-state index in [1.807, 2.05) is 6.07 Å². The van der Waals surface area contributed by atoms with Crippen molar-refractivity contribution in [1.29, 1.82) is 0 Å². The summed E-state index contributed by atoms with van der Waals surface area (Å²) in [6.45, 7) is 7.56. The molecule has 1 saturated carbocycles. The number of hydrogen-bond acceptors (Lipinski definition) is 5. The molecule has 1 aliphatic carbocycles. The van der Waals surface area contributed by atoms with Gasteiger partial charge in [0.05, 0.1) is 13.2 Å². The van der Waals surface area contributed by atoms with Crippen LogP contribution in [0.15, 0.2) is 18.2 Å². The largest absolute Gasteiger partial charge is 0.486 e. The Hall–Kier alpha value is -1.30. The van der Waals surface area contributed by atoms with E-state index in [2.05, 4.69) is 21.9 Å². The molecule has 4 aliphatic rings. The van der Waals surface area contributed by atoms with Gasteiger partial charge in [-0.15, -0.1) is 0 Å². The van der Waals surface area contributed by atoms with Crippen LogP contribution in [-0.4, -0.2) is 67.9 Å². The van der Waals surface area contributed by atoms with Gasteiger partial charge in [-0.2, -0.15) is 0 Å². The Bertz CT molecular complexity index is 604. The van der Waals surface area contributed by atoms with Crippen molar-refractivity contribution in [3.63, 3.8) is 0 Å². The van der Waals surface area contributed by atoms with E-state index in [0.29, 0.717) is 25.3 Å². The first-order valence-electron chi connectivity index (χ1n) is 9.31. The van der Waals surface area contributed by atoms with E-state index in [-0.39, 0.29) is 0 Å². The Balaban J connectivity index is 1.24. The molecule has 3 aliphatic heterocycles. The number of fused-ring (bicyclic) bond motifs is 2. The summed E-state index contributed by atoms with van der Waals surface area (Å²) in [5.74, 6) is 2.67. The maximum atomic E-state index is 5.92. The zero-order valence-electron chi connectivity index (χ0n) is 14.2. The van der Waals surface area contributed by atoms with Gasteiger partial charge in [0.2, 0.25) is 0 Å². The lowest BCUT2D eigenvalue weighted by Crippen LogP contribution is -2.62. The first-order chi connectivity index (χ1) is 11.9. The van der Waals surface area contributed by atoms with Crippen molar-refractivity contribution in [2.24, 2.45) is 5.92 Å². The quantitative estimate of drug-likeness (QED) is 0.843. The van der Waals surface area contributed by atoms with Crippen LogP contribution in [0.2, 0.25) is 0 Å². The monoisotopic (exact) mass is 330 g/mol. The molecule has 0 N–H and O–H groups in total. The number of piperazine rings is 1. The third kappa shape index (κ3) is 2.89. The highest BCUT2D eigenvalue weighted by Crippen LogP contribution is 2.38. The fraction of sp³-hybridized carbons (Fsp3) is 0.684. The average Bonchev–Trinajstić information content (AvgIpc) is 3.46. The van der Waals surface area contributed by atoms with Crippen LogP contribution in [0.3, 0.4) is 0 Å². The van der Waals surface area contributed by atoms with Crippen LogP contribution in [0, 0.1) is 5.92 Å². The predicted octanol–water partition coefficient (Wildman–Crippen LogP) is 1.75. The van der Waals surface area contributed by atoms with E-state index in [4.69, 9.17) is 14.2 Å². The highest BCUT2D eigenvalue weighted by atomic mass is 16.6. The molecule has 0 aromatic heterocycles. The lowest BCUT2D eigenvalue weighted by atomic mass is 10.0. The van der Waals surface area contributed by atoms with Crippen molar-refractivity contribution in [2.75, 3.05) is 46.1 Å². The van der Waals surface area contributed by atoms with Gasteiger partial charge in [0, 0.05) is 38.3 Å². The maximum Gasteiger partial charge on any atom is 0.161 e. The van der Waals surface area contributed by atoms with Crippen LogP contribution < -0.4 is 9.47 Å². The van der Waals surface area contributed by atoms with E-state index < -0.39 is 0 Å². The smallest absolute Gasteiger partial charge is 0.161 e. The highest BCUT2D eigenvalue weighted by molar-refractivity contribution is 5.43. The van der Waals surface area contributed by atoms with Gasteiger partial charge in [-0.1, -0.05) is 6.07 Å². The lowest BCUT2D eigenvalue weighted by molar-refractivity contribution is -0.0880. The molecule has 2 atom stereocenters. The predicted molar refractivity (Wildman–Crippen MR) is 90.5 cm³/mol. The number of benzene rings is 1. The van der Waals surface area contributed by atoms with E-state index in [1.165, 1.54) is 24.9 Å². The second-order valence-corrected chi connectivity index (χ2v) is 7.55. The van der Waals surface area contributed by atoms with Gasteiger partial charge in [0.25, 0.3) is 0 Å². The number of ether oxygens (including phenoxy) is 3. The second-order valence-electron chi connectivity index (χ2n) is 7.55. The van der Waals surface area contributed by atoms with Crippen LogP contribution in [-0.2, 0) is 11.3 Å². The third-order valence-corrected chi connectivity index (χ3v) is 5.82. The minimum Gasteiger partial charge on any atom is -0.486 e. The molecule has 0 bridgehead atoms. The van der Waals surface area contributed by atoms with Crippen molar-refractivity contribution >= 4 is 0 Å². The van der Waals surface area contributed by atoms with E-state index in [9.17, 15) is 0 Å². The Morgan fingerprint density at radius 1 is 1.00 bits per heavy atom. The number of morpholine rings is 1. The molecule has 3 heterocycles. The Kier molecular flexibility index (Phi) is 3.88. The summed E-state index contributed by atoms with van der Waals surface area (Å²) in [5.41, 5.74) is 1.31. The van der Waals surface area contributed by atoms with Gasteiger partial charge in [-0.3, -0.25) is 9.80 Å². The summed E-state index contributed by atoms with van der Waals surface area (Å²) >= 11 is 0. The van der Waals surface area contributed by atoms with Gasteiger partial charge >= 0.3 is 0 Å². The summed E-state index contributed by atoms with van der Waals surface area (Å²) in [6, 6.07) is 7.61. The van der Waals surface area contributed by atoms with Crippen molar-refractivity contribution in [1.82, 2.24) is 9.80 Å². The SMILES string of the molecule is c1cc2c(cc1CN1CCN3[C@@H](COC[C@@H]3C3CC3)C1)OCCO2. The zero-order valence-corrected chi connectivity index (χ0v) is 14.2. The summed E-state index contributed by atoms with van der Waals surface area (Å²) in [6.07, 6.45) is 2.80. The molecule has 1 aromatic carbocycles. The first-order valence-corrected chi connectivity index (χ1v) is 9.31. The third-order valence-electron chi connectivity index (χ3n) is 5.82. The van der Waals surface area contributed by atoms with Gasteiger partial charge in [0.1, 0.15) is 13.2 Å². The molecular formula is C19H26N2O3. The molecule has 130 valence electrons. The molecule has 1 aromatic rings. The fourth-order valence-corrected chi connectivity index (χ4v) is 4.42. The summed E-state index contributed by atoms with van der Waals surface area (Å²) in [7, 11) is 0. The zero-order chi connectivity index (χ0) is 15.9. The van der Waals surface area contributed by atoms with E-state index >= 15 is 0 Å². The fourth-order valence-electron chi connectivity index (χ4n) is 4.42. The Labute approximate surface area is 143 Å². The van der Waals surface area contributed by atoms with Crippen molar-refractivity contribution in [3.8, 4) is 11.5 Å². The van der Waals surface area contributed by atoms with Crippen molar-refractivity contribution in [3.05, 3.63) is 23.8 Å². The minimum absolute atomic E-state index is 0.565. The minimum atomic E-state index is 0.565. The van der Waals surface area contributed by atoms with Gasteiger partial charge < -0.3 is 14.2 Å². The van der Waals surface area contributed by atoms with Crippen LogP contribution in [0.1, 0.15) is 18.4 Å². The van der Waals surface area contributed by atoms with Crippen molar-refractivity contribution < 1.29 is 14.2 Å². The standard InChI is InChI=1S/C19H26N2O3/c1-4-18-19(24-8-7-23-18)9-14(1)10-20-5-6-21-16(11-20)12-22-13-17(21)15-2-3-15/h1,4,9,15-17H,2-3,5-8,10-13H2/t16-,17-/m1/s1. The van der Waals surface area contributed by atoms with Crippen LogP contribution >= 0.6 is 0 Å². The molecule has 5 heteroatoms. The summed E-state index contributed by atoms with van der Waals surface area (Å²) < 4.78 is 17.3. The maximum absolute atomic E-state index is 5.92. The molecule has 0 unspecified atom stereocenters. The van der Waals surface area contributed by atoms with Gasteiger partial charge in [-0.25, -0.2) is 0 Å². The van der Waals surface area contributed by atoms with E-state index in [1.54, 1.807) is 0 Å².